The predicted molar refractivity (Wildman–Crippen MR) is 59.3 cm³/mol. The van der Waals surface area contributed by atoms with Gasteiger partial charge < -0.3 is 9.52 Å². The van der Waals surface area contributed by atoms with Gasteiger partial charge in [0.2, 0.25) is 0 Å². The summed E-state index contributed by atoms with van der Waals surface area (Å²) in [6, 6.07) is 3.86. The van der Waals surface area contributed by atoms with Gasteiger partial charge in [-0.05, 0) is 37.1 Å². The highest BCUT2D eigenvalue weighted by molar-refractivity contribution is 9.10. The first-order valence-electron chi connectivity index (χ1n) is 4.42. The minimum atomic E-state index is -0.0508. The smallest absolute Gasteiger partial charge is 0.135 e. The van der Waals surface area contributed by atoms with Crippen LogP contribution in [0.5, 0.6) is 0 Å². The summed E-state index contributed by atoms with van der Waals surface area (Å²) in [5.41, 5.74) is 3.14. The van der Waals surface area contributed by atoms with E-state index in [1.165, 1.54) is 0 Å². The van der Waals surface area contributed by atoms with Crippen LogP contribution >= 0.6 is 15.9 Å². The number of rotatable bonds is 1. The van der Waals surface area contributed by atoms with Crippen LogP contribution in [0.4, 0.5) is 0 Å². The van der Waals surface area contributed by atoms with E-state index in [2.05, 4.69) is 15.9 Å². The number of hydrogen-bond donors (Lipinski definition) is 1. The molecule has 3 heteroatoms. The zero-order valence-electron chi connectivity index (χ0n) is 8.10. The van der Waals surface area contributed by atoms with Crippen LogP contribution in [0.25, 0.3) is 11.0 Å². The molecule has 1 N–H and O–H groups in total. The zero-order valence-corrected chi connectivity index (χ0v) is 9.68. The van der Waals surface area contributed by atoms with Gasteiger partial charge in [-0.1, -0.05) is 15.9 Å². The van der Waals surface area contributed by atoms with Crippen molar-refractivity contribution in [3.63, 3.8) is 0 Å². The van der Waals surface area contributed by atoms with E-state index in [0.717, 1.165) is 26.6 Å². The van der Waals surface area contributed by atoms with Crippen molar-refractivity contribution in [1.29, 1.82) is 0 Å². The number of benzene rings is 1. The molecule has 1 heterocycles. The average Bonchev–Trinajstić information content (AvgIpc) is 2.57. The summed E-state index contributed by atoms with van der Waals surface area (Å²) in [4.78, 5) is 0. The normalized spacial score (nSPS) is 11.1. The molecule has 1 aromatic heterocycles. The third-order valence-electron chi connectivity index (χ3n) is 2.39. The highest BCUT2D eigenvalue weighted by Crippen LogP contribution is 2.31. The molecule has 0 aliphatic heterocycles. The third-order valence-corrected chi connectivity index (χ3v) is 3.61. The quantitative estimate of drug-likeness (QED) is 0.848. The highest BCUT2D eigenvalue weighted by atomic mass is 79.9. The minimum Gasteiger partial charge on any atom is -0.459 e. The lowest BCUT2D eigenvalue weighted by atomic mass is 10.1. The Morgan fingerprint density at radius 2 is 2.07 bits per heavy atom. The number of fused-ring (bicyclic) bond motifs is 1. The molecular weight excluding hydrogens is 244 g/mol. The predicted octanol–water partition coefficient (Wildman–Crippen LogP) is 3.30. The van der Waals surface area contributed by atoms with Crippen LogP contribution in [-0.4, -0.2) is 5.11 Å². The van der Waals surface area contributed by atoms with Crippen LogP contribution in [0.2, 0.25) is 0 Å². The molecule has 0 amide bonds. The second kappa shape index (κ2) is 3.41. The van der Waals surface area contributed by atoms with Crippen molar-refractivity contribution in [3.05, 3.63) is 33.5 Å². The molecule has 2 rings (SSSR count). The van der Waals surface area contributed by atoms with E-state index in [0.29, 0.717) is 5.76 Å². The molecule has 0 aliphatic rings. The summed E-state index contributed by atoms with van der Waals surface area (Å²) in [5, 5.41) is 10.0. The van der Waals surface area contributed by atoms with E-state index in [1.54, 1.807) is 0 Å². The van der Waals surface area contributed by atoms with E-state index in [-0.39, 0.29) is 6.61 Å². The molecule has 0 fully saturated rings. The largest absolute Gasteiger partial charge is 0.459 e. The molecule has 14 heavy (non-hydrogen) atoms. The number of halogens is 1. The fourth-order valence-electron chi connectivity index (χ4n) is 1.61. The lowest BCUT2D eigenvalue weighted by Crippen LogP contribution is -1.81. The Labute approximate surface area is 90.7 Å². The Hall–Kier alpha value is -0.800. The van der Waals surface area contributed by atoms with Gasteiger partial charge in [0.25, 0.3) is 0 Å². The second-order valence-corrected chi connectivity index (χ2v) is 4.21. The fourth-order valence-corrected chi connectivity index (χ4v) is 1.94. The van der Waals surface area contributed by atoms with Crippen molar-refractivity contribution in [1.82, 2.24) is 0 Å². The molecule has 0 saturated carbocycles. The summed E-state index contributed by atoms with van der Waals surface area (Å²) >= 11 is 3.53. The van der Waals surface area contributed by atoms with Gasteiger partial charge in [0.05, 0.1) is 0 Å². The Morgan fingerprint density at radius 1 is 1.36 bits per heavy atom. The van der Waals surface area contributed by atoms with E-state index in [1.807, 2.05) is 26.0 Å². The monoisotopic (exact) mass is 254 g/mol. The summed E-state index contributed by atoms with van der Waals surface area (Å²) < 4.78 is 6.57. The number of furan rings is 1. The summed E-state index contributed by atoms with van der Waals surface area (Å²) in [6.07, 6.45) is 0. The van der Waals surface area contributed by atoms with Crippen molar-refractivity contribution in [2.75, 3.05) is 0 Å². The van der Waals surface area contributed by atoms with Crippen molar-refractivity contribution < 1.29 is 9.52 Å². The number of aliphatic hydroxyl groups excluding tert-OH is 1. The summed E-state index contributed by atoms with van der Waals surface area (Å²) in [7, 11) is 0. The molecule has 1 aromatic carbocycles. The maximum absolute atomic E-state index is 8.96. The van der Waals surface area contributed by atoms with Gasteiger partial charge in [-0.25, -0.2) is 0 Å². The fraction of sp³-hybridized carbons (Fsp3) is 0.273. The van der Waals surface area contributed by atoms with Gasteiger partial charge in [-0.3, -0.25) is 0 Å². The van der Waals surface area contributed by atoms with E-state index >= 15 is 0 Å². The first-order chi connectivity index (χ1) is 6.63. The van der Waals surface area contributed by atoms with Gasteiger partial charge >= 0.3 is 0 Å². The Kier molecular flexibility index (Phi) is 2.37. The molecule has 0 spiro atoms. The molecule has 0 radical (unpaired) electrons. The maximum Gasteiger partial charge on any atom is 0.135 e. The first kappa shape index (κ1) is 9.74. The van der Waals surface area contributed by atoms with E-state index in [9.17, 15) is 0 Å². The van der Waals surface area contributed by atoms with Crippen molar-refractivity contribution in [3.8, 4) is 0 Å². The molecule has 2 aromatic rings. The van der Waals surface area contributed by atoms with Crippen LogP contribution < -0.4 is 0 Å². The number of aliphatic hydroxyl groups is 1. The summed E-state index contributed by atoms with van der Waals surface area (Å²) in [5.74, 6) is 0.612. The zero-order chi connectivity index (χ0) is 10.3. The Bertz CT molecular complexity index is 485. The number of aryl methyl sites for hydroxylation is 2. The lowest BCUT2D eigenvalue weighted by Gasteiger charge is -2.02. The van der Waals surface area contributed by atoms with Crippen molar-refractivity contribution in [2.45, 2.75) is 20.5 Å². The molecular formula is C11H11BrO2. The Morgan fingerprint density at radius 3 is 2.71 bits per heavy atom. The lowest BCUT2D eigenvalue weighted by molar-refractivity contribution is 0.251. The maximum atomic E-state index is 8.96. The van der Waals surface area contributed by atoms with Gasteiger partial charge in [-0.2, -0.15) is 0 Å². The molecule has 2 nitrogen and oxygen atoms in total. The highest BCUT2D eigenvalue weighted by Gasteiger charge is 2.09. The van der Waals surface area contributed by atoms with E-state index in [4.69, 9.17) is 9.52 Å². The number of hydrogen-bond acceptors (Lipinski definition) is 2. The van der Waals surface area contributed by atoms with Crippen LogP contribution in [0.15, 0.2) is 21.0 Å². The third kappa shape index (κ3) is 1.37. The molecule has 74 valence electrons. The SMILES string of the molecule is Cc1cc2oc(CO)cc2c(C)c1Br. The van der Waals surface area contributed by atoms with Crippen LogP contribution in [0.1, 0.15) is 16.9 Å². The first-order valence-corrected chi connectivity index (χ1v) is 5.21. The molecule has 0 unspecified atom stereocenters. The molecule has 0 atom stereocenters. The molecule has 0 bridgehead atoms. The standard InChI is InChI=1S/C11H11BrO2/c1-6-3-10-9(7(2)11(6)12)4-8(5-13)14-10/h3-4,13H,5H2,1-2H3. The average molecular weight is 255 g/mol. The van der Waals surface area contributed by atoms with Gasteiger partial charge in [-0.15, -0.1) is 0 Å². The second-order valence-electron chi connectivity index (χ2n) is 3.42. The summed E-state index contributed by atoms with van der Waals surface area (Å²) in [6.45, 7) is 4.01. The van der Waals surface area contributed by atoms with Gasteiger partial charge in [0, 0.05) is 9.86 Å². The van der Waals surface area contributed by atoms with Crippen LogP contribution in [-0.2, 0) is 6.61 Å². The topological polar surface area (TPSA) is 33.4 Å². The van der Waals surface area contributed by atoms with Gasteiger partial charge in [0.1, 0.15) is 18.0 Å². The van der Waals surface area contributed by atoms with Gasteiger partial charge in [0.15, 0.2) is 0 Å². The van der Waals surface area contributed by atoms with Crippen molar-refractivity contribution in [2.24, 2.45) is 0 Å². The molecule has 0 aliphatic carbocycles. The minimum absolute atomic E-state index is 0.0508. The van der Waals surface area contributed by atoms with E-state index < -0.39 is 0 Å². The Balaban J connectivity index is 2.81. The van der Waals surface area contributed by atoms with Crippen LogP contribution in [0, 0.1) is 13.8 Å². The molecule has 0 saturated heterocycles. The van der Waals surface area contributed by atoms with Crippen molar-refractivity contribution >= 4 is 26.9 Å². The van der Waals surface area contributed by atoms with Crippen LogP contribution in [0.3, 0.4) is 0 Å².